The molecule has 4 heterocycles. The maximum atomic E-state index is 12.8. The number of nitrogens with two attached hydrogens (primary N) is 1. The maximum Gasteiger partial charge on any atom is 0.351 e. The predicted octanol–water partition coefficient (Wildman–Crippen LogP) is -1.84. The van der Waals surface area contributed by atoms with Gasteiger partial charge in [0.2, 0.25) is 0 Å². The summed E-state index contributed by atoms with van der Waals surface area (Å²) in [6, 6.07) is 2.19. The number of H-pyrrole nitrogens is 1. The number of anilines is 1. The second-order valence-electron chi connectivity index (χ2n) is 7.80. The Balaban J connectivity index is 0.000000211. The lowest BCUT2D eigenvalue weighted by Gasteiger charge is -2.14. The Kier molecular flexibility index (Phi) is 8.97. The van der Waals surface area contributed by atoms with E-state index in [0.29, 0.717) is 4.57 Å². The van der Waals surface area contributed by atoms with Gasteiger partial charge in [-0.05, 0) is 6.07 Å². The predicted molar refractivity (Wildman–Crippen MR) is 117 cm³/mol. The van der Waals surface area contributed by atoms with Gasteiger partial charge in [0, 0.05) is 18.5 Å². The third kappa shape index (κ3) is 5.74. The molecule has 0 bridgehead atoms. The summed E-state index contributed by atoms with van der Waals surface area (Å²) in [6.07, 6.45) is -11.3. The second kappa shape index (κ2) is 11.8. The van der Waals surface area contributed by atoms with Crippen LogP contribution in [0, 0.1) is 0 Å². The van der Waals surface area contributed by atoms with E-state index in [1.54, 1.807) is 0 Å². The van der Waals surface area contributed by atoms with Crippen molar-refractivity contribution in [3.8, 4) is 0 Å². The fourth-order valence-corrected chi connectivity index (χ4v) is 3.66. The topological polar surface area (TPSA) is 215 Å². The highest BCUT2D eigenvalue weighted by Gasteiger charge is 2.44. The van der Waals surface area contributed by atoms with E-state index < -0.39 is 90.3 Å². The molecule has 4 rings (SSSR count). The number of nitrogens with zero attached hydrogens (tertiary/aromatic N) is 3. The van der Waals surface area contributed by atoms with Crippen molar-refractivity contribution in [1.29, 1.82) is 0 Å². The van der Waals surface area contributed by atoms with Gasteiger partial charge < -0.3 is 35.6 Å². The molecular formula is C20H21F4N5O9. The van der Waals surface area contributed by atoms with Crippen LogP contribution >= 0.6 is 0 Å². The average Bonchev–Trinajstić information content (AvgIpc) is 3.35. The number of nitrogen functional groups attached to an aromatic ring is 1. The van der Waals surface area contributed by atoms with E-state index in [1.165, 1.54) is 6.07 Å². The molecule has 0 unspecified atom stereocenters. The third-order valence-electron chi connectivity index (χ3n) is 5.49. The molecule has 0 radical (unpaired) electrons. The molecule has 0 spiro atoms. The van der Waals surface area contributed by atoms with E-state index in [2.05, 4.69) is 4.98 Å². The van der Waals surface area contributed by atoms with Crippen molar-refractivity contribution in [2.45, 2.75) is 36.9 Å². The molecule has 2 saturated heterocycles. The molecule has 0 aromatic carbocycles. The molecule has 2 aromatic heterocycles. The number of halogens is 4. The second-order valence-corrected chi connectivity index (χ2v) is 7.80. The smallest absolute Gasteiger partial charge is 0.351 e. The van der Waals surface area contributed by atoms with Crippen molar-refractivity contribution in [2.24, 2.45) is 0 Å². The molecule has 2 aliphatic rings. The first-order valence-electron chi connectivity index (χ1n) is 10.6. The number of aromatic nitrogens is 4. The van der Waals surface area contributed by atoms with Crippen LogP contribution in [0.4, 0.5) is 23.4 Å². The van der Waals surface area contributed by atoms with Crippen LogP contribution in [0.15, 0.2) is 62.2 Å². The first-order valence-corrected chi connectivity index (χ1v) is 10.6. The van der Waals surface area contributed by atoms with Crippen molar-refractivity contribution in [2.75, 3.05) is 18.9 Å². The summed E-state index contributed by atoms with van der Waals surface area (Å²) < 4.78 is 62.8. The van der Waals surface area contributed by atoms with Gasteiger partial charge in [-0.25, -0.2) is 9.59 Å². The van der Waals surface area contributed by atoms with Crippen LogP contribution in [-0.2, 0) is 9.47 Å². The lowest BCUT2D eigenvalue weighted by molar-refractivity contribution is -0.0448. The minimum absolute atomic E-state index is 0.0650. The molecule has 2 aliphatic heterocycles. The summed E-state index contributed by atoms with van der Waals surface area (Å²) in [7, 11) is 0. The van der Waals surface area contributed by atoms with Gasteiger partial charge in [-0.3, -0.25) is 18.9 Å². The van der Waals surface area contributed by atoms with Gasteiger partial charge in [-0.1, -0.05) is 0 Å². The van der Waals surface area contributed by atoms with Crippen molar-refractivity contribution >= 4 is 5.82 Å². The zero-order valence-corrected chi connectivity index (χ0v) is 18.9. The number of rotatable bonds is 4. The van der Waals surface area contributed by atoms with Crippen molar-refractivity contribution < 1.29 is 47.5 Å². The Morgan fingerprint density at radius 2 is 1.37 bits per heavy atom. The standard InChI is InChI=1S/C10H11F2N3O4.C10H10F2N2O5/c11-8(12)6-7(17)4(3-16)19-9(6)15-2-1-5(13)14-10(15)18;11-8(12)6-7(17)4(3-15)19-9(6)14-2-1-5(16)13-10(14)18/h1-2,4,7,9,16-17H,3H2,(H2,13,14,18);1-2,4,7,9,15,17H,3H2,(H,13,16,18)/t2*4-,7-,9-/m11/s1. The first-order chi connectivity index (χ1) is 17.9. The Bertz CT molecular complexity index is 1400. The third-order valence-corrected chi connectivity index (χ3v) is 5.49. The van der Waals surface area contributed by atoms with Crippen LogP contribution in [0.5, 0.6) is 0 Å². The molecule has 7 N–H and O–H groups in total. The van der Waals surface area contributed by atoms with Crippen molar-refractivity contribution in [1.82, 2.24) is 19.1 Å². The first kappa shape index (κ1) is 28.9. The number of aliphatic hydroxyl groups excluding tert-OH is 4. The summed E-state index contributed by atoms with van der Waals surface area (Å²) in [5.41, 5.74) is 1.16. The van der Waals surface area contributed by atoms with Gasteiger partial charge in [0.15, 0.2) is 12.5 Å². The van der Waals surface area contributed by atoms with Gasteiger partial charge in [-0.2, -0.15) is 22.5 Å². The molecule has 2 fully saturated rings. The average molecular weight is 551 g/mol. The number of aromatic amines is 1. The van der Waals surface area contributed by atoms with Gasteiger partial charge >= 0.3 is 11.4 Å². The zero-order valence-electron chi connectivity index (χ0n) is 18.9. The highest BCUT2D eigenvalue weighted by molar-refractivity contribution is 5.26. The summed E-state index contributed by atoms with van der Waals surface area (Å²) >= 11 is 0. The van der Waals surface area contributed by atoms with Crippen LogP contribution < -0.4 is 22.7 Å². The maximum absolute atomic E-state index is 12.8. The summed E-state index contributed by atoms with van der Waals surface area (Å²) in [5.74, 6) is -0.0650. The molecule has 6 atom stereocenters. The molecule has 208 valence electrons. The summed E-state index contributed by atoms with van der Waals surface area (Å²) in [6.45, 7) is -1.35. The van der Waals surface area contributed by atoms with Gasteiger partial charge in [-0.15, -0.1) is 0 Å². The van der Waals surface area contributed by atoms with Crippen LogP contribution in [0.3, 0.4) is 0 Å². The lowest BCUT2D eigenvalue weighted by atomic mass is 10.1. The minimum Gasteiger partial charge on any atom is -0.394 e. The fraction of sp³-hybridized carbons (Fsp3) is 0.400. The number of nitrogens with one attached hydrogen (secondary N) is 1. The van der Waals surface area contributed by atoms with E-state index in [1.807, 2.05) is 4.98 Å². The SMILES string of the molecule is Nc1ccn([C@@H]2O[C@H](CO)[C@@H](O)C2=C(F)F)c(=O)n1.O=c1ccn([C@@H]2O[C@H](CO)[C@@H](O)C2=C(F)F)c(=O)[nH]1. The molecule has 14 nitrogen and oxygen atoms in total. The fourth-order valence-electron chi connectivity index (χ4n) is 3.66. The quantitative estimate of drug-likeness (QED) is 0.232. The summed E-state index contributed by atoms with van der Waals surface area (Å²) in [5, 5.41) is 37.1. The Morgan fingerprint density at radius 3 is 1.79 bits per heavy atom. The van der Waals surface area contributed by atoms with Crippen molar-refractivity contribution in [3.05, 3.63) is 79.2 Å². The van der Waals surface area contributed by atoms with Gasteiger partial charge in [0.05, 0.1) is 24.4 Å². The largest absolute Gasteiger partial charge is 0.394 e. The van der Waals surface area contributed by atoms with Crippen LogP contribution in [0.1, 0.15) is 12.5 Å². The number of aliphatic hydroxyl groups is 4. The lowest BCUT2D eigenvalue weighted by Crippen LogP contribution is -2.32. The highest BCUT2D eigenvalue weighted by Crippen LogP contribution is 2.37. The van der Waals surface area contributed by atoms with E-state index in [9.17, 15) is 42.2 Å². The molecular weight excluding hydrogens is 530 g/mol. The van der Waals surface area contributed by atoms with E-state index in [0.717, 1.165) is 23.0 Å². The molecule has 0 saturated carbocycles. The normalized spacial score (nSPS) is 26.7. The summed E-state index contributed by atoms with van der Waals surface area (Å²) in [4.78, 5) is 39.3. The van der Waals surface area contributed by atoms with E-state index in [4.69, 9.17) is 25.4 Å². The molecule has 38 heavy (non-hydrogen) atoms. The van der Waals surface area contributed by atoms with Crippen LogP contribution in [0.25, 0.3) is 0 Å². The Labute approximate surface area is 208 Å². The van der Waals surface area contributed by atoms with Gasteiger partial charge in [0.1, 0.15) is 30.2 Å². The van der Waals surface area contributed by atoms with Crippen LogP contribution in [-0.4, -0.2) is 77.2 Å². The number of ether oxygens (including phenoxy) is 2. The Hall–Kier alpha value is -3.68. The molecule has 0 amide bonds. The highest BCUT2D eigenvalue weighted by atomic mass is 19.3. The zero-order chi connectivity index (χ0) is 28.3. The molecule has 0 aliphatic carbocycles. The van der Waals surface area contributed by atoms with Crippen LogP contribution in [0.2, 0.25) is 0 Å². The minimum atomic E-state index is -2.20. The van der Waals surface area contributed by atoms with E-state index in [-0.39, 0.29) is 5.82 Å². The van der Waals surface area contributed by atoms with Crippen molar-refractivity contribution in [3.63, 3.8) is 0 Å². The van der Waals surface area contributed by atoms with E-state index >= 15 is 0 Å². The van der Waals surface area contributed by atoms with Gasteiger partial charge in [0.25, 0.3) is 17.7 Å². The molecule has 2 aromatic rings. The number of hydrogen-bond acceptors (Lipinski definition) is 11. The monoisotopic (exact) mass is 551 g/mol. The molecule has 18 heteroatoms. The number of hydrogen-bond donors (Lipinski definition) is 6. The Morgan fingerprint density at radius 1 is 0.895 bits per heavy atom.